The lowest BCUT2D eigenvalue weighted by molar-refractivity contribution is 0.0950. The Balaban J connectivity index is 4.12. The van der Waals surface area contributed by atoms with Gasteiger partial charge in [0.15, 0.2) is 17.2 Å². The lowest BCUT2D eigenvalue weighted by Crippen LogP contribution is -2.28. The van der Waals surface area contributed by atoms with E-state index in [1.807, 2.05) is 0 Å². The van der Waals surface area contributed by atoms with Gasteiger partial charge < -0.3 is 30.2 Å². The molecule has 0 heterocycles. The van der Waals surface area contributed by atoms with E-state index in [1.54, 1.807) is 0 Å². The molecule has 1 aromatic rings. The first-order valence-electron chi connectivity index (χ1n) is 6.95. The van der Waals surface area contributed by atoms with E-state index in [2.05, 4.69) is 16.0 Å². The Hall–Kier alpha value is -2.97. The first kappa shape index (κ1) is 19.1. The van der Waals surface area contributed by atoms with Crippen LogP contribution in [0.5, 0.6) is 17.2 Å². The van der Waals surface area contributed by atoms with Gasteiger partial charge in [0, 0.05) is 21.1 Å². The van der Waals surface area contributed by atoms with Crippen LogP contribution < -0.4 is 30.2 Å². The van der Waals surface area contributed by atoms with Crippen LogP contribution in [0.3, 0.4) is 0 Å². The maximum Gasteiger partial charge on any atom is 0.258 e. The zero-order chi connectivity index (χ0) is 18.4. The van der Waals surface area contributed by atoms with Gasteiger partial charge in [0.1, 0.15) is 16.7 Å². The third-order valence-electron chi connectivity index (χ3n) is 3.34. The first-order valence-corrected chi connectivity index (χ1v) is 6.95. The quantitative estimate of drug-likeness (QED) is 0.661. The van der Waals surface area contributed by atoms with Crippen molar-refractivity contribution in [1.82, 2.24) is 16.0 Å². The van der Waals surface area contributed by atoms with Crippen LogP contribution in [-0.2, 0) is 0 Å². The molecule has 9 nitrogen and oxygen atoms in total. The van der Waals surface area contributed by atoms with Crippen molar-refractivity contribution in [2.75, 3.05) is 42.5 Å². The summed E-state index contributed by atoms with van der Waals surface area (Å²) in [6.45, 7) is 0. The summed E-state index contributed by atoms with van der Waals surface area (Å²) in [7, 11) is 8.12. The largest absolute Gasteiger partial charge is 0.495 e. The van der Waals surface area contributed by atoms with Crippen molar-refractivity contribution in [3.8, 4) is 17.2 Å². The van der Waals surface area contributed by atoms with Gasteiger partial charge in [-0.1, -0.05) is 0 Å². The highest BCUT2D eigenvalue weighted by molar-refractivity contribution is 6.13. The molecule has 132 valence electrons. The molecule has 0 fully saturated rings. The maximum absolute atomic E-state index is 12.3. The van der Waals surface area contributed by atoms with Gasteiger partial charge in [-0.05, 0) is 0 Å². The lowest BCUT2D eigenvalue weighted by atomic mass is 9.98. The summed E-state index contributed by atoms with van der Waals surface area (Å²) in [5, 5.41) is 7.30. The number of nitrogens with one attached hydrogen (secondary N) is 3. The minimum absolute atomic E-state index is 0.0601. The highest BCUT2D eigenvalue weighted by Gasteiger charge is 2.35. The number of carbonyl (C=O) groups excluding carboxylic acids is 3. The molecule has 0 saturated carbocycles. The van der Waals surface area contributed by atoms with Gasteiger partial charge in [0.25, 0.3) is 17.7 Å². The fourth-order valence-electron chi connectivity index (χ4n) is 2.29. The monoisotopic (exact) mass is 339 g/mol. The molecule has 1 aromatic carbocycles. The van der Waals surface area contributed by atoms with Crippen molar-refractivity contribution in [1.29, 1.82) is 0 Å². The molecule has 3 amide bonds. The van der Waals surface area contributed by atoms with Crippen molar-refractivity contribution < 1.29 is 28.6 Å². The molecule has 24 heavy (non-hydrogen) atoms. The summed E-state index contributed by atoms with van der Waals surface area (Å²) >= 11 is 0. The average Bonchev–Trinajstić information content (AvgIpc) is 2.63. The molecule has 0 saturated heterocycles. The van der Waals surface area contributed by atoms with E-state index < -0.39 is 17.7 Å². The smallest absolute Gasteiger partial charge is 0.258 e. The summed E-state index contributed by atoms with van der Waals surface area (Å²) in [5.41, 5.74) is -0.249. The van der Waals surface area contributed by atoms with Crippen molar-refractivity contribution in [2.24, 2.45) is 0 Å². The van der Waals surface area contributed by atoms with E-state index in [0.717, 1.165) is 0 Å². The SMILES string of the molecule is CNC(=O)c1c(OC)c(C(=O)NC)c(OC)c(C(=O)NC)c1OC. The number of rotatable bonds is 6. The molecule has 0 aliphatic rings. The van der Waals surface area contributed by atoms with Crippen LogP contribution in [0.1, 0.15) is 31.1 Å². The van der Waals surface area contributed by atoms with Crippen molar-refractivity contribution in [2.45, 2.75) is 0 Å². The predicted octanol–water partition coefficient (Wildman–Crippen LogP) is -0.209. The van der Waals surface area contributed by atoms with Crippen LogP contribution in [0.4, 0.5) is 0 Å². The number of hydrogen-bond donors (Lipinski definition) is 3. The number of hydrogen-bond acceptors (Lipinski definition) is 6. The summed E-state index contributed by atoms with van der Waals surface area (Å²) < 4.78 is 15.8. The van der Waals surface area contributed by atoms with Gasteiger partial charge in [-0.25, -0.2) is 0 Å². The maximum atomic E-state index is 12.3. The van der Waals surface area contributed by atoms with Crippen molar-refractivity contribution in [3.05, 3.63) is 16.7 Å². The molecular weight excluding hydrogens is 318 g/mol. The number of amides is 3. The van der Waals surface area contributed by atoms with Crippen LogP contribution in [0, 0.1) is 0 Å². The molecule has 0 spiro atoms. The highest BCUT2D eigenvalue weighted by Crippen LogP contribution is 2.43. The van der Waals surface area contributed by atoms with Gasteiger partial charge in [-0.15, -0.1) is 0 Å². The van der Waals surface area contributed by atoms with Gasteiger partial charge in [0.2, 0.25) is 0 Å². The Bertz CT molecular complexity index is 560. The zero-order valence-corrected chi connectivity index (χ0v) is 14.4. The van der Waals surface area contributed by atoms with Crippen LogP contribution in [0.25, 0.3) is 0 Å². The van der Waals surface area contributed by atoms with Gasteiger partial charge >= 0.3 is 0 Å². The van der Waals surface area contributed by atoms with E-state index in [1.165, 1.54) is 42.5 Å². The normalized spacial score (nSPS) is 9.75. The number of methoxy groups -OCH3 is 3. The van der Waals surface area contributed by atoms with Gasteiger partial charge in [-0.3, -0.25) is 14.4 Å². The summed E-state index contributed by atoms with van der Waals surface area (Å²) in [6.07, 6.45) is 0. The second kappa shape index (κ2) is 8.04. The van der Waals surface area contributed by atoms with E-state index in [-0.39, 0.29) is 33.9 Å². The zero-order valence-electron chi connectivity index (χ0n) is 14.4. The predicted molar refractivity (Wildman–Crippen MR) is 86.3 cm³/mol. The molecule has 0 aromatic heterocycles. The Morgan fingerprint density at radius 1 is 0.583 bits per heavy atom. The highest BCUT2D eigenvalue weighted by atomic mass is 16.5. The van der Waals surface area contributed by atoms with Crippen LogP contribution >= 0.6 is 0 Å². The Morgan fingerprint density at radius 2 is 0.792 bits per heavy atom. The molecule has 0 bridgehead atoms. The minimum Gasteiger partial charge on any atom is -0.495 e. The van der Waals surface area contributed by atoms with Gasteiger partial charge in [-0.2, -0.15) is 0 Å². The van der Waals surface area contributed by atoms with E-state index in [4.69, 9.17) is 14.2 Å². The van der Waals surface area contributed by atoms with Crippen molar-refractivity contribution >= 4 is 17.7 Å². The molecule has 0 aliphatic carbocycles. The Kier molecular flexibility index (Phi) is 6.39. The van der Waals surface area contributed by atoms with E-state index >= 15 is 0 Å². The third-order valence-corrected chi connectivity index (χ3v) is 3.34. The molecule has 0 unspecified atom stereocenters. The van der Waals surface area contributed by atoms with E-state index in [9.17, 15) is 14.4 Å². The second-order valence-electron chi connectivity index (χ2n) is 4.46. The molecule has 0 radical (unpaired) electrons. The summed E-state index contributed by atoms with van der Waals surface area (Å²) in [5.74, 6) is -1.93. The molecule has 1 rings (SSSR count). The molecule has 0 atom stereocenters. The number of carbonyl (C=O) groups is 3. The molecule has 0 aliphatic heterocycles. The van der Waals surface area contributed by atoms with Crippen LogP contribution in [0.2, 0.25) is 0 Å². The van der Waals surface area contributed by atoms with Crippen molar-refractivity contribution in [3.63, 3.8) is 0 Å². The van der Waals surface area contributed by atoms with E-state index in [0.29, 0.717) is 0 Å². The van der Waals surface area contributed by atoms with Crippen LogP contribution in [0.15, 0.2) is 0 Å². The molecule has 9 heteroatoms. The molecule has 3 N–H and O–H groups in total. The second-order valence-corrected chi connectivity index (χ2v) is 4.46. The van der Waals surface area contributed by atoms with Gasteiger partial charge in [0.05, 0.1) is 21.3 Å². The first-order chi connectivity index (χ1) is 11.4. The standard InChI is InChI=1S/C15H21N3O6/c1-16-13(19)7-10(22-4)8(14(20)17-2)12(24-6)9(11(7)23-5)15(21)18-3/h1-6H3,(H,16,19)(H,17,20)(H,18,21). The fraction of sp³-hybridized carbons (Fsp3) is 0.400. The summed E-state index contributed by atoms with van der Waals surface area (Å²) in [4.78, 5) is 37.0. The summed E-state index contributed by atoms with van der Waals surface area (Å²) in [6, 6.07) is 0. The molecular formula is C15H21N3O6. The average molecular weight is 339 g/mol. The van der Waals surface area contributed by atoms with Crippen LogP contribution in [-0.4, -0.2) is 60.2 Å². The Labute approximate surface area is 139 Å². The number of ether oxygens (including phenoxy) is 3. The third kappa shape index (κ3) is 3.05. The lowest BCUT2D eigenvalue weighted by Gasteiger charge is -2.21. The number of benzene rings is 1. The minimum atomic E-state index is -0.582. The fourth-order valence-corrected chi connectivity index (χ4v) is 2.29. The topological polar surface area (TPSA) is 115 Å². The Morgan fingerprint density at radius 3 is 0.917 bits per heavy atom.